The van der Waals surface area contributed by atoms with Crippen LogP contribution in [0.1, 0.15) is 15.9 Å². The maximum absolute atomic E-state index is 11.9. The van der Waals surface area contributed by atoms with Crippen molar-refractivity contribution in [3.05, 3.63) is 52.7 Å². The number of nitrogen functional groups attached to an aromatic ring is 1. The molecule has 6 heteroatoms. The number of aromatic nitrogens is 2. The monoisotopic (exact) mass is 262 g/mol. The molecule has 5 nitrogen and oxygen atoms in total. The zero-order valence-corrected chi connectivity index (χ0v) is 10.2. The molecule has 92 valence electrons. The summed E-state index contributed by atoms with van der Waals surface area (Å²) in [5.74, 6) is -0.266. The van der Waals surface area contributed by atoms with Crippen molar-refractivity contribution in [3.8, 4) is 0 Å². The summed E-state index contributed by atoms with van der Waals surface area (Å²) < 4.78 is 0. The summed E-state index contributed by atoms with van der Waals surface area (Å²) in [6.45, 7) is 0.416. The smallest absolute Gasteiger partial charge is 0.255 e. The Balaban J connectivity index is 2.06. The summed E-state index contributed by atoms with van der Waals surface area (Å²) in [5.41, 5.74) is 6.79. The topological polar surface area (TPSA) is 80.9 Å². The second-order valence-corrected chi connectivity index (χ2v) is 4.02. The Morgan fingerprint density at radius 3 is 2.72 bits per heavy atom. The highest BCUT2D eigenvalue weighted by molar-refractivity contribution is 6.29. The third kappa shape index (κ3) is 2.95. The van der Waals surface area contributed by atoms with Crippen LogP contribution in [0.5, 0.6) is 0 Å². The van der Waals surface area contributed by atoms with E-state index in [0.29, 0.717) is 6.54 Å². The minimum atomic E-state index is -0.326. The summed E-state index contributed by atoms with van der Waals surface area (Å²) in [5, 5.41) is 10.0. The first-order chi connectivity index (χ1) is 8.66. The van der Waals surface area contributed by atoms with Gasteiger partial charge in [0, 0.05) is 6.54 Å². The standard InChI is InChI=1S/C12H11ClN4O/c13-10-6-9(11(14)17-16-10)12(18)15-7-8-4-2-1-3-5-8/h1-6H,7H2,(H2,14,17)(H,15,18). The molecule has 0 aliphatic carbocycles. The maximum Gasteiger partial charge on any atom is 0.255 e. The average molecular weight is 263 g/mol. The van der Waals surface area contributed by atoms with Gasteiger partial charge < -0.3 is 11.1 Å². The normalized spacial score (nSPS) is 10.1. The number of carbonyl (C=O) groups is 1. The molecule has 18 heavy (non-hydrogen) atoms. The van der Waals surface area contributed by atoms with Gasteiger partial charge in [0.2, 0.25) is 0 Å². The van der Waals surface area contributed by atoms with Crippen molar-refractivity contribution in [3.63, 3.8) is 0 Å². The maximum atomic E-state index is 11.9. The Labute approximate surface area is 109 Å². The predicted octanol–water partition coefficient (Wildman–Crippen LogP) is 1.64. The number of rotatable bonds is 3. The molecule has 2 rings (SSSR count). The van der Waals surface area contributed by atoms with Crippen LogP contribution in [0.2, 0.25) is 5.15 Å². The van der Waals surface area contributed by atoms with E-state index in [1.165, 1.54) is 6.07 Å². The van der Waals surface area contributed by atoms with Gasteiger partial charge in [-0.25, -0.2) is 0 Å². The Hall–Kier alpha value is -2.14. The van der Waals surface area contributed by atoms with Gasteiger partial charge in [-0.2, -0.15) is 0 Å². The Kier molecular flexibility index (Phi) is 3.74. The molecule has 0 spiro atoms. The van der Waals surface area contributed by atoms with Gasteiger partial charge in [0.25, 0.3) is 5.91 Å². The molecular weight excluding hydrogens is 252 g/mol. The zero-order chi connectivity index (χ0) is 13.0. The van der Waals surface area contributed by atoms with Crippen LogP contribution in [-0.4, -0.2) is 16.1 Å². The van der Waals surface area contributed by atoms with Gasteiger partial charge in [-0.05, 0) is 11.6 Å². The minimum absolute atomic E-state index is 0.0601. The van der Waals surface area contributed by atoms with Gasteiger partial charge >= 0.3 is 0 Å². The quantitative estimate of drug-likeness (QED) is 0.881. The summed E-state index contributed by atoms with van der Waals surface area (Å²) in [7, 11) is 0. The molecule has 0 saturated heterocycles. The molecule has 0 unspecified atom stereocenters. The van der Waals surface area contributed by atoms with Crippen molar-refractivity contribution in [2.45, 2.75) is 6.54 Å². The Morgan fingerprint density at radius 2 is 2.00 bits per heavy atom. The third-order valence-corrected chi connectivity index (χ3v) is 2.52. The number of nitrogens with two attached hydrogens (primary N) is 1. The summed E-state index contributed by atoms with van der Waals surface area (Å²) in [6.07, 6.45) is 0. The number of amides is 1. The molecule has 0 saturated carbocycles. The number of anilines is 1. The van der Waals surface area contributed by atoms with Crippen LogP contribution >= 0.6 is 11.6 Å². The predicted molar refractivity (Wildman–Crippen MR) is 69.1 cm³/mol. The van der Waals surface area contributed by atoms with Crippen molar-refractivity contribution < 1.29 is 4.79 Å². The van der Waals surface area contributed by atoms with E-state index in [1.54, 1.807) is 0 Å². The second-order valence-electron chi connectivity index (χ2n) is 3.63. The zero-order valence-electron chi connectivity index (χ0n) is 9.43. The molecule has 0 aliphatic rings. The lowest BCUT2D eigenvalue weighted by Crippen LogP contribution is -2.24. The molecular formula is C12H11ClN4O. The molecule has 0 bridgehead atoms. The first kappa shape index (κ1) is 12.3. The van der Waals surface area contributed by atoms with E-state index in [0.717, 1.165) is 5.56 Å². The Morgan fingerprint density at radius 1 is 1.28 bits per heavy atom. The summed E-state index contributed by atoms with van der Waals surface area (Å²) >= 11 is 5.67. The number of hydrogen-bond acceptors (Lipinski definition) is 4. The molecule has 2 aromatic rings. The molecule has 0 fully saturated rings. The molecule has 0 radical (unpaired) electrons. The lowest BCUT2D eigenvalue weighted by atomic mass is 10.2. The molecule has 1 heterocycles. The fourth-order valence-corrected chi connectivity index (χ4v) is 1.58. The van der Waals surface area contributed by atoms with E-state index < -0.39 is 0 Å². The van der Waals surface area contributed by atoms with Gasteiger partial charge in [0.05, 0.1) is 5.56 Å². The highest BCUT2D eigenvalue weighted by atomic mass is 35.5. The van der Waals surface area contributed by atoms with Gasteiger partial charge in [-0.3, -0.25) is 4.79 Å². The van der Waals surface area contributed by atoms with Crippen molar-refractivity contribution in [2.75, 3.05) is 5.73 Å². The van der Waals surface area contributed by atoms with Crippen LogP contribution in [-0.2, 0) is 6.54 Å². The highest BCUT2D eigenvalue weighted by Crippen LogP contribution is 2.12. The fraction of sp³-hybridized carbons (Fsp3) is 0.0833. The molecule has 1 amide bonds. The summed E-state index contributed by atoms with van der Waals surface area (Å²) in [4.78, 5) is 11.9. The van der Waals surface area contributed by atoms with Crippen LogP contribution in [0.15, 0.2) is 36.4 Å². The van der Waals surface area contributed by atoms with Crippen LogP contribution in [0.25, 0.3) is 0 Å². The Bertz CT molecular complexity index is 559. The largest absolute Gasteiger partial charge is 0.382 e. The number of carbonyl (C=O) groups excluding carboxylic acids is 1. The van der Waals surface area contributed by atoms with Gasteiger partial charge in [-0.15, -0.1) is 10.2 Å². The SMILES string of the molecule is Nc1nnc(Cl)cc1C(=O)NCc1ccccc1. The van der Waals surface area contributed by atoms with Crippen LogP contribution in [0.4, 0.5) is 5.82 Å². The number of hydrogen-bond donors (Lipinski definition) is 2. The first-order valence-corrected chi connectivity index (χ1v) is 5.65. The van der Waals surface area contributed by atoms with Crippen LogP contribution in [0.3, 0.4) is 0 Å². The van der Waals surface area contributed by atoms with E-state index in [-0.39, 0.29) is 22.4 Å². The van der Waals surface area contributed by atoms with Gasteiger partial charge in [0.15, 0.2) is 11.0 Å². The van der Waals surface area contributed by atoms with Crippen molar-refractivity contribution in [1.82, 2.24) is 15.5 Å². The van der Waals surface area contributed by atoms with Crippen LogP contribution in [0, 0.1) is 0 Å². The number of nitrogens with zero attached hydrogens (tertiary/aromatic N) is 2. The van der Waals surface area contributed by atoms with Crippen molar-refractivity contribution >= 4 is 23.3 Å². The van der Waals surface area contributed by atoms with Crippen molar-refractivity contribution in [2.24, 2.45) is 0 Å². The average Bonchev–Trinajstić information content (AvgIpc) is 2.40. The third-order valence-electron chi connectivity index (χ3n) is 2.33. The lowest BCUT2D eigenvalue weighted by molar-refractivity contribution is 0.0951. The van der Waals surface area contributed by atoms with E-state index >= 15 is 0 Å². The number of nitrogens with one attached hydrogen (secondary N) is 1. The number of halogens is 1. The molecule has 3 N–H and O–H groups in total. The summed E-state index contributed by atoms with van der Waals surface area (Å²) in [6, 6.07) is 10.9. The van der Waals surface area contributed by atoms with E-state index in [1.807, 2.05) is 30.3 Å². The fourth-order valence-electron chi connectivity index (χ4n) is 1.43. The minimum Gasteiger partial charge on any atom is -0.382 e. The number of benzene rings is 1. The molecule has 0 aliphatic heterocycles. The highest BCUT2D eigenvalue weighted by Gasteiger charge is 2.11. The van der Waals surface area contributed by atoms with E-state index in [4.69, 9.17) is 17.3 Å². The van der Waals surface area contributed by atoms with E-state index in [9.17, 15) is 4.79 Å². The second kappa shape index (κ2) is 5.46. The first-order valence-electron chi connectivity index (χ1n) is 5.27. The molecule has 0 atom stereocenters. The van der Waals surface area contributed by atoms with Crippen molar-refractivity contribution in [1.29, 1.82) is 0 Å². The van der Waals surface area contributed by atoms with Gasteiger partial charge in [-0.1, -0.05) is 41.9 Å². The molecule has 1 aromatic heterocycles. The lowest BCUT2D eigenvalue weighted by Gasteiger charge is -2.06. The van der Waals surface area contributed by atoms with Crippen LogP contribution < -0.4 is 11.1 Å². The van der Waals surface area contributed by atoms with Gasteiger partial charge in [0.1, 0.15) is 0 Å². The molecule has 1 aromatic carbocycles. The van der Waals surface area contributed by atoms with E-state index in [2.05, 4.69) is 15.5 Å².